The van der Waals surface area contributed by atoms with E-state index in [4.69, 9.17) is 5.73 Å². The van der Waals surface area contributed by atoms with Gasteiger partial charge in [-0.15, -0.1) is 0 Å². The highest BCUT2D eigenvalue weighted by atomic mass is 19.1. The fourth-order valence-electron chi connectivity index (χ4n) is 2.71. The first-order chi connectivity index (χ1) is 12.5. The van der Waals surface area contributed by atoms with E-state index >= 15 is 0 Å². The van der Waals surface area contributed by atoms with E-state index < -0.39 is 6.04 Å². The van der Waals surface area contributed by atoms with Gasteiger partial charge in [0.1, 0.15) is 11.6 Å². The number of hydrogen-bond acceptors (Lipinski definition) is 4. The molecule has 0 radical (unpaired) electrons. The molecule has 0 aliphatic rings. The maximum absolute atomic E-state index is 13.0. The number of nitrogens with two attached hydrogens (primary N) is 1. The van der Waals surface area contributed by atoms with Gasteiger partial charge in [-0.05, 0) is 54.4 Å². The number of carbonyl (C=O) groups excluding carboxylic acids is 1. The van der Waals surface area contributed by atoms with Crippen molar-refractivity contribution in [1.29, 1.82) is 0 Å². The SMILES string of the molecule is CC(Nc1cc(C(N)C(=O)c2ccc(F)cc2)ccn1)c1ccccc1. The molecule has 2 unspecified atom stereocenters. The molecule has 0 saturated heterocycles. The van der Waals surface area contributed by atoms with E-state index in [1.54, 1.807) is 18.3 Å². The van der Waals surface area contributed by atoms with Gasteiger partial charge in [0.2, 0.25) is 0 Å². The molecule has 5 heteroatoms. The summed E-state index contributed by atoms with van der Waals surface area (Å²) in [5, 5.41) is 3.31. The molecule has 132 valence electrons. The first-order valence-corrected chi connectivity index (χ1v) is 8.37. The highest BCUT2D eigenvalue weighted by molar-refractivity contribution is 6.00. The monoisotopic (exact) mass is 349 g/mol. The van der Waals surface area contributed by atoms with Crippen molar-refractivity contribution in [3.63, 3.8) is 0 Å². The highest BCUT2D eigenvalue weighted by Gasteiger charge is 2.18. The Morgan fingerprint density at radius 2 is 1.73 bits per heavy atom. The Kier molecular flexibility index (Phi) is 5.39. The minimum Gasteiger partial charge on any atom is -0.364 e. The largest absolute Gasteiger partial charge is 0.364 e. The van der Waals surface area contributed by atoms with Crippen LogP contribution in [0.25, 0.3) is 0 Å². The third-order valence-corrected chi connectivity index (χ3v) is 4.22. The van der Waals surface area contributed by atoms with Crippen molar-refractivity contribution in [2.24, 2.45) is 5.73 Å². The van der Waals surface area contributed by atoms with Crippen molar-refractivity contribution in [3.8, 4) is 0 Å². The van der Waals surface area contributed by atoms with Gasteiger partial charge >= 0.3 is 0 Å². The third kappa shape index (κ3) is 4.13. The minimum atomic E-state index is -0.837. The summed E-state index contributed by atoms with van der Waals surface area (Å²) in [4.78, 5) is 16.8. The topological polar surface area (TPSA) is 68.0 Å². The van der Waals surface area contributed by atoms with Crippen LogP contribution in [0.3, 0.4) is 0 Å². The van der Waals surface area contributed by atoms with Gasteiger partial charge in [-0.2, -0.15) is 0 Å². The second kappa shape index (κ2) is 7.89. The van der Waals surface area contributed by atoms with Crippen LogP contribution >= 0.6 is 0 Å². The summed E-state index contributed by atoms with van der Waals surface area (Å²) < 4.78 is 13.0. The normalized spacial score (nSPS) is 13.0. The number of aromatic nitrogens is 1. The summed E-state index contributed by atoms with van der Waals surface area (Å²) in [7, 11) is 0. The van der Waals surface area contributed by atoms with E-state index in [-0.39, 0.29) is 17.6 Å². The first-order valence-electron chi connectivity index (χ1n) is 8.37. The number of Topliss-reactive ketones (excluding diaryl/α,β-unsaturated/α-hetero) is 1. The summed E-state index contributed by atoms with van der Waals surface area (Å²) in [6.45, 7) is 2.04. The number of hydrogen-bond donors (Lipinski definition) is 2. The van der Waals surface area contributed by atoms with Crippen LogP contribution in [0.15, 0.2) is 72.9 Å². The van der Waals surface area contributed by atoms with Crippen LogP contribution in [-0.2, 0) is 0 Å². The van der Waals surface area contributed by atoms with E-state index in [0.717, 1.165) is 5.56 Å². The zero-order valence-electron chi connectivity index (χ0n) is 14.4. The number of halogens is 1. The van der Waals surface area contributed by atoms with Gasteiger partial charge < -0.3 is 11.1 Å². The second-order valence-corrected chi connectivity index (χ2v) is 6.10. The Morgan fingerprint density at radius 1 is 1.04 bits per heavy atom. The van der Waals surface area contributed by atoms with Crippen LogP contribution in [0.4, 0.5) is 10.2 Å². The Morgan fingerprint density at radius 3 is 2.42 bits per heavy atom. The summed E-state index contributed by atoms with van der Waals surface area (Å²) in [6, 6.07) is 18.1. The van der Waals surface area contributed by atoms with Crippen LogP contribution < -0.4 is 11.1 Å². The fraction of sp³-hybridized carbons (Fsp3) is 0.143. The number of rotatable bonds is 6. The van der Waals surface area contributed by atoms with Gasteiger partial charge in [-0.25, -0.2) is 9.37 Å². The van der Waals surface area contributed by atoms with Gasteiger partial charge in [-0.1, -0.05) is 30.3 Å². The molecule has 0 aliphatic heterocycles. The fourth-order valence-corrected chi connectivity index (χ4v) is 2.71. The predicted octanol–water partition coefficient (Wildman–Crippen LogP) is 4.28. The van der Waals surface area contributed by atoms with Crippen LogP contribution in [0.1, 0.15) is 40.5 Å². The summed E-state index contributed by atoms with van der Waals surface area (Å²) >= 11 is 0. The zero-order valence-corrected chi connectivity index (χ0v) is 14.4. The molecule has 1 heterocycles. The number of carbonyl (C=O) groups is 1. The van der Waals surface area contributed by atoms with Crippen molar-refractivity contribution in [1.82, 2.24) is 4.98 Å². The van der Waals surface area contributed by atoms with E-state index in [1.165, 1.54) is 24.3 Å². The van der Waals surface area contributed by atoms with Gasteiger partial charge in [0, 0.05) is 17.8 Å². The maximum Gasteiger partial charge on any atom is 0.184 e. The number of benzene rings is 2. The Hall–Kier alpha value is -3.05. The molecular formula is C21H20FN3O. The highest BCUT2D eigenvalue weighted by Crippen LogP contribution is 2.22. The summed E-state index contributed by atoms with van der Waals surface area (Å²) in [5.74, 6) is -0.0140. The number of anilines is 1. The number of ketones is 1. The molecule has 0 spiro atoms. The summed E-state index contributed by atoms with van der Waals surface area (Å²) in [5.41, 5.74) is 8.28. The molecular weight excluding hydrogens is 329 g/mol. The molecule has 3 N–H and O–H groups in total. The molecule has 2 aromatic carbocycles. The maximum atomic E-state index is 13.0. The lowest BCUT2D eigenvalue weighted by molar-refractivity contribution is 0.0961. The van der Waals surface area contributed by atoms with Crippen molar-refractivity contribution < 1.29 is 9.18 Å². The average Bonchev–Trinajstić information content (AvgIpc) is 2.68. The van der Waals surface area contributed by atoms with Crippen LogP contribution in [0, 0.1) is 5.82 Å². The molecule has 1 aromatic heterocycles. The second-order valence-electron chi connectivity index (χ2n) is 6.10. The Balaban J connectivity index is 1.76. The molecule has 0 aliphatic carbocycles. The Labute approximate surface area is 151 Å². The number of nitrogens with one attached hydrogen (secondary N) is 1. The van der Waals surface area contributed by atoms with Gasteiger partial charge in [0.25, 0.3) is 0 Å². The average molecular weight is 349 g/mol. The van der Waals surface area contributed by atoms with Gasteiger partial charge in [0.05, 0.1) is 6.04 Å². The quantitative estimate of drug-likeness (QED) is 0.652. The molecule has 0 amide bonds. The molecule has 0 saturated carbocycles. The smallest absolute Gasteiger partial charge is 0.184 e. The van der Waals surface area contributed by atoms with Crippen molar-refractivity contribution in [3.05, 3.63) is 95.4 Å². The van der Waals surface area contributed by atoms with Crippen molar-refractivity contribution in [2.75, 3.05) is 5.32 Å². The lowest BCUT2D eigenvalue weighted by atomic mass is 9.99. The molecule has 2 atom stereocenters. The molecule has 0 bridgehead atoms. The van der Waals surface area contributed by atoms with Crippen LogP contribution in [0.2, 0.25) is 0 Å². The van der Waals surface area contributed by atoms with E-state index in [2.05, 4.69) is 10.3 Å². The van der Waals surface area contributed by atoms with E-state index in [0.29, 0.717) is 16.9 Å². The van der Waals surface area contributed by atoms with Crippen molar-refractivity contribution in [2.45, 2.75) is 19.0 Å². The lowest BCUT2D eigenvalue weighted by Gasteiger charge is -2.17. The standard InChI is InChI=1S/C21H20FN3O/c1-14(15-5-3-2-4-6-15)25-19-13-17(11-12-24-19)20(23)21(26)16-7-9-18(22)10-8-16/h2-14,20H,23H2,1H3,(H,24,25). The molecule has 4 nitrogen and oxygen atoms in total. The van der Waals surface area contributed by atoms with Crippen molar-refractivity contribution >= 4 is 11.6 Å². The molecule has 0 fully saturated rings. The van der Waals surface area contributed by atoms with E-state index in [1.807, 2.05) is 37.3 Å². The number of nitrogens with zero attached hydrogens (tertiary/aromatic N) is 1. The minimum absolute atomic E-state index is 0.0583. The van der Waals surface area contributed by atoms with Gasteiger partial charge in [0.15, 0.2) is 5.78 Å². The van der Waals surface area contributed by atoms with E-state index in [9.17, 15) is 9.18 Å². The lowest BCUT2D eigenvalue weighted by Crippen LogP contribution is -2.22. The van der Waals surface area contributed by atoms with Gasteiger partial charge in [-0.3, -0.25) is 4.79 Å². The number of pyridine rings is 1. The predicted molar refractivity (Wildman–Crippen MR) is 100 cm³/mol. The zero-order chi connectivity index (χ0) is 18.5. The van der Waals surface area contributed by atoms with Crippen LogP contribution in [-0.4, -0.2) is 10.8 Å². The third-order valence-electron chi connectivity index (χ3n) is 4.22. The molecule has 3 rings (SSSR count). The van der Waals surface area contributed by atoms with Crippen LogP contribution in [0.5, 0.6) is 0 Å². The first kappa shape index (κ1) is 17.8. The Bertz CT molecular complexity index is 881. The molecule has 3 aromatic rings. The molecule has 26 heavy (non-hydrogen) atoms. The summed E-state index contributed by atoms with van der Waals surface area (Å²) in [6.07, 6.45) is 1.62.